The molecule has 2 aromatic rings. The van der Waals surface area contributed by atoms with Crippen LogP contribution in [0.1, 0.15) is 49.3 Å². The highest BCUT2D eigenvalue weighted by Crippen LogP contribution is 2.36. The van der Waals surface area contributed by atoms with Gasteiger partial charge in [0.2, 0.25) is 11.8 Å². The van der Waals surface area contributed by atoms with E-state index >= 15 is 0 Å². The molecule has 1 aliphatic heterocycles. The zero-order valence-electron chi connectivity index (χ0n) is 15.5. The highest BCUT2D eigenvalue weighted by Gasteiger charge is 2.33. The Balaban J connectivity index is 1.34. The minimum Gasteiger partial charge on any atom is -0.353 e. The number of nitrogens with one attached hydrogen (secondary N) is 2. The molecule has 1 saturated carbocycles. The number of thioether (sulfide) groups is 1. The largest absolute Gasteiger partial charge is 0.353 e. The van der Waals surface area contributed by atoms with Crippen LogP contribution >= 0.6 is 23.1 Å². The van der Waals surface area contributed by atoms with Gasteiger partial charge in [-0.2, -0.15) is 0 Å². The molecular formula is C20H22FN3O2S2. The Hall–Kier alpha value is -1.93. The number of thiazole rings is 1. The average molecular weight is 420 g/mol. The smallest absolute Gasteiger partial charge is 0.228 e. The highest BCUT2D eigenvalue weighted by molar-refractivity contribution is 8.01. The summed E-state index contributed by atoms with van der Waals surface area (Å²) in [4.78, 5) is 29.3. The molecule has 5 nitrogen and oxygen atoms in total. The third-order valence-electron chi connectivity index (χ3n) is 5.26. The molecule has 0 spiro atoms. The first kappa shape index (κ1) is 19.4. The summed E-state index contributed by atoms with van der Waals surface area (Å²) in [5.74, 6) is -1.38. The van der Waals surface area contributed by atoms with E-state index in [1.165, 1.54) is 12.1 Å². The Kier molecular flexibility index (Phi) is 5.68. The Morgan fingerprint density at radius 1 is 1.32 bits per heavy atom. The number of amides is 2. The van der Waals surface area contributed by atoms with Crippen molar-refractivity contribution in [3.05, 3.63) is 40.7 Å². The maximum absolute atomic E-state index is 13.5. The van der Waals surface area contributed by atoms with Crippen molar-refractivity contribution >= 4 is 40.6 Å². The summed E-state index contributed by atoms with van der Waals surface area (Å²) in [6.07, 6.45) is 3.99. The molecule has 1 aromatic heterocycles. The molecule has 2 amide bonds. The van der Waals surface area contributed by atoms with E-state index in [4.69, 9.17) is 0 Å². The van der Waals surface area contributed by atoms with E-state index in [1.54, 1.807) is 17.4 Å². The number of anilines is 1. The minimum absolute atomic E-state index is 0.0963. The SMILES string of the molecule is Cc1csc(SC2CCC(NC(=O)C3CC(=O)Nc4cc(F)ccc43)CC2)n1. The quantitative estimate of drug-likeness (QED) is 0.778. The van der Waals surface area contributed by atoms with E-state index < -0.39 is 11.7 Å². The summed E-state index contributed by atoms with van der Waals surface area (Å²) in [6, 6.07) is 4.32. The van der Waals surface area contributed by atoms with Gasteiger partial charge < -0.3 is 10.6 Å². The van der Waals surface area contributed by atoms with Crippen LogP contribution in [-0.4, -0.2) is 28.1 Å². The molecular weight excluding hydrogens is 397 g/mol. The minimum atomic E-state index is -0.560. The van der Waals surface area contributed by atoms with Crippen LogP contribution in [0.4, 0.5) is 10.1 Å². The number of rotatable bonds is 4. The van der Waals surface area contributed by atoms with Crippen molar-refractivity contribution in [2.75, 3.05) is 5.32 Å². The first-order valence-corrected chi connectivity index (χ1v) is 11.2. The standard InChI is InChI=1S/C20H22FN3O2S2/c1-11-10-27-20(22-11)28-14-5-3-13(4-6-14)23-19(26)16-9-18(25)24-17-8-12(21)2-7-15(16)17/h2,7-8,10,13-14,16H,3-6,9H2,1H3,(H,23,26)(H,24,25). The van der Waals surface area contributed by atoms with E-state index in [0.717, 1.165) is 35.7 Å². The number of aryl methyl sites for hydroxylation is 1. The molecule has 0 bridgehead atoms. The molecule has 1 atom stereocenters. The van der Waals surface area contributed by atoms with Crippen LogP contribution in [0.15, 0.2) is 27.9 Å². The molecule has 0 saturated heterocycles. The lowest BCUT2D eigenvalue weighted by atomic mass is 9.88. The topological polar surface area (TPSA) is 71.1 Å². The van der Waals surface area contributed by atoms with Gasteiger partial charge in [-0.25, -0.2) is 9.37 Å². The number of benzene rings is 1. The Morgan fingerprint density at radius 2 is 2.11 bits per heavy atom. The first-order chi connectivity index (χ1) is 13.5. The molecule has 8 heteroatoms. The van der Waals surface area contributed by atoms with Crippen LogP contribution in [0.3, 0.4) is 0 Å². The zero-order chi connectivity index (χ0) is 19.7. The highest BCUT2D eigenvalue weighted by atomic mass is 32.2. The lowest BCUT2D eigenvalue weighted by Gasteiger charge is -2.31. The molecule has 0 radical (unpaired) electrons. The van der Waals surface area contributed by atoms with Crippen molar-refractivity contribution in [3.8, 4) is 0 Å². The van der Waals surface area contributed by atoms with Crippen LogP contribution in [0.25, 0.3) is 0 Å². The van der Waals surface area contributed by atoms with E-state index in [-0.39, 0.29) is 24.3 Å². The van der Waals surface area contributed by atoms with Gasteiger partial charge in [-0.15, -0.1) is 11.3 Å². The van der Waals surface area contributed by atoms with Gasteiger partial charge in [-0.1, -0.05) is 17.8 Å². The molecule has 28 heavy (non-hydrogen) atoms. The average Bonchev–Trinajstić information content (AvgIpc) is 3.07. The van der Waals surface area contributed by atoms with Crippen molar-refractivity contribution in [2.24, 2.45) is 0 Å². The van der Waals surface area contributed by atoms with Crippen LogP contribution in [0, 0.1) is 12.7 Å². The lowest BCUT2D eigenvalue weighted by molar-refractivity contribution is -0.127. The number of hydrogen-bond donors (Lipinski definition) is 2. The number of carbonyl (C=O) groups excluding carboxylic acids is 2. The van der Waals surface area contributed by atoms with E-state index in [0.29, 0.717) is 16.5 Å². The van der Waals surface area contributed by atoms with Crippen LogP contribution in [-0.2, 0) is 9.59 Å². The number of carbonyl (C=O) groups is 2. The number of aromatic nitrogens is 1. The van der Waals surface area contributed by atoms with Gasteiger partial charge >= 0.3 is 0 Å². The van der Waals surface area contributed by atoms with Crippen molar-refractivity contribution in [3.63, 3.8) is 0 Å². The number of hydrogen-bond acceptors (Lipinski definition) is 5. The van der Waals surface area contributed by atoms with E-state index in [2.05, 4.69) is 21.0 Å². The van der Waals surface area contributed by atoms with Gasteiger partial charge in [0.15, 0.2) is 0 Å². The van der Waals surface area contributed by atoms with Gasteiger partial charge in [0.25, 0.3) is 0 Å². The lowest BCUT2D eigenvalue weighted by Crippen LogP contribution is -2.42. The molecule has 2 aliphatic rings. The van der Waals surface area contributed by atoms with E-state index in [1.807, 2.05) is 18.7 Å². The fourth-order valence-corrected chi connectivity index (χ4v) is 6.11. The maximum atomic E-state index is 13.5. The van der Waals surface area contributed by atoms with Gasteiger partial charge in [-0.05, 0) is 50.3 Å². The van der Waals surface area contributed by atoms with Crippen molar-refractivity contribution in [1.82, 2.24) is 10.3 Å². The second-order valence-corrected chi connectivity index (χ2v) is 9.80. The predicted octanol–water partition coefficient (Wildman–Crippen LogP) is 4.24. The third-order valence-corrected chi connectivity index (χ3v) is 7.68. The summed E-state index contributed by atoms with van der Waals surface area (Å²) in [5.41, 5.74) is 2.14. The number of halogens is 1. The summed E-state index contributed by atoms with van der Waals surface area (Å²) >= 11 is 3.52. The van der Waals surface area contributed by atoms with Crippen LogP contribution in [0.5, 0.6) is 0 Å². The molecule has 4 rings (SSSR count). The van der Waals surface area contributed by atoms with Gasteiger partial charge in [-0.3, -0.25) is 9.59 Å². The van der Waals surface area contributed by atoms with Crippen molar-refractivity contribution < 1.29 is 14.0 Å². The Labute approximate surface area is 171 Å². The molecule has 2 heterocycles. The fraction of sp³-hybridized carbons (Fsp3) is 0.450. The summed E-state index contributed by atoms with van der Waals surface area (Å²) in [5, 5.41) is 8.37. The predicted molar refractivity (Wildman–Crippen MR) is 109 cm³/mol. The monoisotopic (exact) mass is 419 g/mol. The van der Waals surface area contributed by atoms with Gasteiger partial charge in [0.1, 0.15) is 10.2 Å². The second kappa shape index (κ2) is 8.21. The van der Waals surface area contributed by atoms with Crippen molar-refractivity contribution in [2.45, 2.75) is 60.6 Å². The summed E-state index contributed by atoms with van der Waals surface area (Å²) < 4.78 is 14.6. The molecule has 2 N–H and O–H groups in total. The molecule has 1 unspecified atom stereocenters. The number of fused-ring (bicyclic) bond motifs is 1. The molecule has 1 aromatic carbocycles. The third kappa shape index (κ3) is 4.38. The maximum Gasteiger partial charge on any atom is 0.228 e. The summed E-state index contributed by atoms with van der Waals surface area (Å²) in [6.45, 7) is 2.01. The first-order valence-electron chi connectivity index (χ1n) is 9.46. The fourth-order valence-electron chi connectivity index (χ4n) is 3.83. The van der Waals surface area contributed by atoms with Gasteiger partial charge in [0, 0.05) is 34.5 Å². The number of nitrogens with zero attached hydrogens (tertiary/aromatic N) is 1. The Bertz CT molecular complexity index is 893. The second-order valence-electron chi connectivity index (χ2n) is 7.39. The van der Waals surface area contributed by atoms with Crippen LogP contribution < -0.4 is 10.6 Å². The van der Waals surface area contributed by atoms with Crippen LogP contribution in [0.2, 0.25) is 0 Å². The molecule has 1 aliphatic carbocycles. The zero-order valence-corrected chi connectivity index (χ0v) is 17.2. The van der Waals surface area contributed by atoms with Gasteiger partial charge in [0.05, 0.1) is 5.92 Å². The molecule has 148 valence electrons. The summed E-state index contributed by atoms with van der Waals surface area (Å²) in [7, 11) is 0. The normalized spacial score (nSPS) is 24.4. The Morgan fingerprint density at radius 3 is 2.82 bits per heavy atom. The van der Waals surface area contributed by atoms with E-state index in [9.17, 15) is 14.0 Å². The molecule has 1 fully saturated rings. The van der Waals surface area contributed by atoms with Crippen molar-refractivity contribution in [1.29, 1.82) is 0 Å².